The Kier molecular flexibility index (Phi) is 12.1. The highest BCUT2D eigenvalue weighted by Gasteiger charge is 2.06. The molecule has 0 heterocycles. The summed E-state index contributed by atoms with van der Waals surface area (Å²) in [6.45, 7) is 4.01. The van der Waals surface area contributed by atoms with Gasteiger partial charge in [-0.1, -0.05) is 18.2 Å². The number of hydrogen-bond acceptors (Lipinski definition) is 4. The molecule has 2 rings (SSSR count). The monoisotopic (exact) mass is 517 g/mol. The maximum Gasteiger partial charge on any atom is 0.191 e. The first kappa shape index (κ1) is 25.0. The second kappa shape index (κ2) is 14.0. The number of hydrogen-bond donors (Lipinski definition) is 3. The molecule has 160 valence electrons. The van der Waals surface area contributed by atoms with Crippen LogP contribution in [0.15, 0.2) is 47.5 Å². The average molecular weight is 517 g/mol. The molecule has 0 saturated heterocycles. The standard InChI is InChI=1S/C21H28FN3O3.HI/c1-3-23-21(24-10-9-16-5-4-6-18(22)13-16)25-15-17-7-8-19(28-12-11-26)20(14-17)27-2;/h4-8,13-14,26H,3,9-12,15H2,1-2H3,(H2,23,24,25);1H. The van der Waals surface area contributed by atoms with Crippen molar-refractivity contribution in [2.24, 2.45) is 4.99 Å². The molecule has 2 aromatic rings. The third kappa shape index (κ3) is 8.86. The highest BCUT2D eigenvalue weighted by molar-refractivity contribution is 14.0. The van der Waals surface area contributed by atoms with Crippen molar-refractivity contribution >= 4 is 29.9 Å². The van der Waals surface area contributed by atoms with Crippen LogP contribution in [0, 0.1) is 5.82 Å². The second-order valence-electron chi connectivity index (χ2n) is 6.06. The first-order valence-electron chi connectivity index (χ1n) is 9.33. The van der Waals surface area contributed by atoms with Crippen molar-refractivity contribution in [1.29, 1.82) is 0 Å². The zero-order chi connectivity index (χ0) is 20.2. The Balaban J connectivity index is 0.00000420. The molecule has 3 N–H and O–H groups in total. The third-order valence-corrected chi connectivity index (χ3v) is 3.94. The van der Waals surface area contributed by atoms with E-state index in [1.165, 1.54) is 6.07 Å². The van der Waals surface area contributed by atoms with Crippen LogP contribution >= 0.6 is 24.0 Å². The van der Waals surface area contributed by atoms with E-state index in [-0.39, 0.29) is 43.0 Å². The van der Waals surface area contributed by atoms with E-state index < -0.39 is 0 Å². The number of aliphatic hydroxyl groups excluding tert-OH is 1. The van der Waals surface area contributed by atoms with Crippen molar-refractivity contribution < 1.29 is 19.0 Å². The molecule has 0 bridgehead atoms. The lowest BCUT2D eigenvalue weighted by molar-refractivity contribution is 0.196. The van der Waals surface area contributed by atoms with Crippen LogP contribution in [0.3, 0.4) is 0 Å². The van der Waals surface area contributed by atoms with Gasteiger partial charge in [-0.3, -0.25) is 0 Å². The van der Waals surface area contributed by atoms with Gasteiger partial charge < -0.3 is 25.2 Å². The minimum Gasteiger partial charge on any atom is -0.493 e. The lowest BCUT2D eigenvalue weighted by atomic mass is 10.1. The smallest absolute Gasteiger partial charge is 0.191 e. The van der Waals surface area contributed by atoms with Gasteiger partial charge in [-0.2, -0.15) is 0 Å². The Morgan fingerprint density at radius 3 is 2.62 bits per heavy atom. The fraction of sp³-hybridized carbons (Fsp3) is 0.381. The van der Waals surface area contributed by atoms with Crippen molar-refractivity contribution in [3.05, 3.63) is 59.4 Å². The predicted octanol–water partition coefficient (Wildman–Crippen LogP) is 3.12. The summed E-state index contributed by atoms with van der Waals surface area (Å²) in [6, 6.07) is 12.2. The van der Waals surface area contributed by atoms with Gasteiger partial charge in [-0.15, -0.1) is 24.0 Å². The Labute approximate surface area is 188 Å². The number of methoxy groups -OCH3 is 1. The van der Waals surface area contributed by atoms with Crippen LogP contribution in [0.5, 0.6) is 11.5 Å². The Hall–Kier alpha value is -2.07. The van der Waals surface area contributed by atoms with Gasteiger partial charge in [0.15, 0.2) is 17.5 Å². The van der Waals surface area contributed by atoms with Crippen molar-refractivity contribution in [2.75, 3.05) is 33.4 Å². The Morgan fingerprint density at radius 1 is 1.10 bits per heavy atom. The van der Waals surface area contributed by atoms with Crippen LogP contribution in [0.2, 0.25) is 0 Å². The number of aliphatic imine (C=N–C) groups is 1. The summed E-state index contributed by atoms with van der Waals surface area (Å²) in [6.07, 6.45) is 0.701. The van der Waals surface area contributed by atoms with Crippen LogP contribution in [0.1, 0.15) is 18.1 Å². The highest BCUT2D eigenvalue weighted by Crippen LogP contribution is 2.28. The molecule has 0 spiro atoms. The summed E-state index contributed by atoms with van der Waals surface area (Å²) in [7, 11) is 1.58. The van der Waals surface area contributed by atoms with Crippen molar-refractivity contribution in [3.63, 3.8) is 0 Å². The highest BCUT2D eigenvalue weighted by atomic mass is 127. The molecule has 0 fully saturated rings. The van der Waals surface area contributed by atoms with Crippen LogP contribution < -0.4 is 20.1 Å². The van der Waals surface area contributed by atoms with Crippen LogP contribution in [0.25, 0.3) is 0 Å². The van der Waals surface area contributed by atoms with Crippen molar-refractivity contribution in [1.82, 2.24) is 10.6 Å². The first-order chi connectivity index (χ1) is 13.7. The van der Waals surface area contributed by atoms with Gasteiger partial charge in [0.2, 0.25) is 0 Å². The van der Waals surface area contributed by atoms with Gasteiger partial charge in [-0.05, 0) is 48.7 Å². The molecule has 8 heteroatoms. The van der Waals surface area contributed by atoms with Crippen molar-refractivity contribution in [2.45, 2.75) is 19.9 Å². The minimum absolute atomic E-state index is 0. The Bertz CT molecular complexity index is 775. The van der Waals surface area contributed by atoms with Gasteiger partial charge >= 0.3 is 0 Å². The quantitative estimate of drug-likeness (QED) is 0.257. The largest absolute Gasteiger partial charge is 0.493 e. The second-order valence-corrected chi connectivity index (χ2v) is 6.06. The van der Waals surface area contributed by atoms with Gasteiger partial charge in [0, 0.05) is 13.1 Å². The number of halogens is 2. The molecule has 2 aromatic carbocycles. The molecule has 6 nitrogen and oxygen atoms in total. The summed E-state index contributed by atoms with van der Waals surface area (Å²) in [5.41, 5.74) is 1.90. The number of aliphatic hydroxyl groups is 1. The summed E-state index contributed by atoms with van der Waals surface area (Å²) < 4.78 is 24.0. The van der Waals surface area contributed by atoms with E-state index in [9.17, 15) is 4.39 Å². The summed E-state index contributed by atoms with van der Waals surface area (Å²) in [4.78, 5) is 4.58. The first-order valence-corrected chi connectivity index (χ1v) is 9.33. The molecular formula is C21H29FIN3O3. The van der Waals surface area contributed by atoms with E-state index in [1.807, 2.05) is 31.2 Å². The molecule has 0 aliphatic heterocycles. The van der Waals surface area contributed by atoms with E-state index in [1.54, 1.807) is 19.2 Å². The topological polar surface area (TPSA) is 75.1 Å². The summed E-state index contributed by atoms with van der Waals surface area (Å²) >= 11 is 0. The lowest BCUT2D eigenvalue weighted by Crippen LogP contribution is -2.38. The normalized spacial score (nSPS) is 10.8. The maximum absolute atomic E-state index is 13.3. The van der Waals surface area contributed by atoms with Crippen LogP contribution in [-0.4, -0.2) is 44.5 Å². The number of nitrogens with one attached hydrogen (secondary N) is 2. The average Bonchev–Trinajstić information content (AvgIpc) is 2.70. The number of ether oxygens (including phenoxy) is 2. The summed E-state index contributed by atoms with van der Waals surface area (Å²) in [5.74, 6) is 1.66. The molecule has 0 aliphatic rings. The number of nitrogens with zero attached hydrogens (tertiary/aromatic N) is 1. The minimum atomic E-state index is -0.224. The van der Waals surface area contributed by atoms with E-state index in [0.717, 1.165) is 17.7 Å². The summed E-state index contributed by atoms with van der Waals surface area (Å²) in [5, 5.41) is 15.3. The molecule has 0 radical (unpaired) electrons. The number of benzene rings is 2. The Morgan fingerprint density at radius 2 is 1.93 bits per heavy atom. The molecular weight excluding hydrogens is 488 g/mol. The van der Waals surface area contributed by atoms with Crippen molar-refractivity contribution in [3.8, 4) is 11.5 Å². The maximum atomic E-state index is 13.3. The lowest BCUT2D eigenvalue weighted by Gasteiger charge is -2.13. The fourth-order valence-corrected chi connectivity index (χ4v) is 2.61. The SMILES string of the molecule is CCNC(=NCc1ccc(OCCO)c(OC)c1)NCCc1cccc(F)c1.I. The molecule has 0 aliphatic carbocycles. The molecule has 29 heavy (non-hydrogen) atoms. The van der Waals surface area contributed by atoms with Crippen LogP contribution in [-0.2, 0) is 13.0 Å². The predicted molar refractivity (Wildman–Crippen MR) is 124 cm³/mol. The number of rotatable bonds is 10. The molecule has 0 amide bonds. The van der Waals surface area contributed by atoms with Gasteiger partial charge in [0.1, 0.15) is 12.4 Å². The number of guanidine groups is 1. The molecule has 0 saturated carbocycles. The molecule has 0 aromatic heterocycles. The van der Waals surface area contributed by atoms with E-state index in [2.05, 4.69) is 15.6 Å². The molecule has 0 unspecified atom stereocenters. The fourth-order valence-electron chi connectivity index (χ4n) is 2.61. The van der Waals surface area contributed by atoms with E-state index in [0.29, 0.717) is 37.0 Å². The van der Waals surface area contributed by atoms with Crippen LogP contribution in [0.4, 0.5) is 4.39 Å². The molecule has 0 atom stereocenters. The third-order valence-electron chi connectivity index (χ3n) is 3.94. The van der Waals surface area contributed by atoms with E-state index in [4.69, 9.17) is 14.6 Å². The van der Waals surface area contributed by atoms with Gasteiger partial charge in [-0.25, -0.2) is 9.38 Å². The van der Waals surface area contributed by atoms with Gasteiger partial charge in [0.25, 0.3) is 0 Å². The zero-order valence-corrected chi connectivity index (χ0v) is 19.1. The van der Waals surface area contributed by atoms with Gasteiger partial charge in [0.05, 0.1) is 20.3 Å². The zero-order valence-electron chi connectivity index (χ0n) is 16.8. The van der Waals surface area contributed by atoms with E-state index >= 15 is 0 Å².